The van der Waals surface area contributed by atoms with Crippen molar-refractivity contribution in [1.82, 2.24) is 25.2 Å². The Morgan fingerprint density at radius 2 is 1.85 bits per heavy atom. The molecule has 1 aliphatic rings. The van der Waals surface area contributed by atoms with Crippen molar-refractivity contribution in [3.05, 3.63) is 65.0 Å². The lowest BCUT2D eigenvalue weighted by Crippen LogP contribution is -2.44. The number of morpholine rings is 1. The van der Waals surface area contributed by atoms with Crippen molar-refractivity contribution < 1.29 is 19.0 Å². The number of amides is 1. The van der Waals surface area contributed by atoms with Crippen LogP contribution in [0.5, 0.6) is 11.5 Å². The highest BCUT2D eigenvalue weighted by atomic mass is 16.5. The molecular formula is C25H31N5O4. The third-order valence-corrected chi connectivity index (χ3v) is 6.09. The number of nitrogens with zero attached hydrogens (tertiary/aromatic N) is 4. The number of aryl methyl sites for hydroxylation is 1. The van der Waals surface area contributed by atoms with E-state index in [0.717, 1.165) is 29.9 Å². The van der Waals surface area contributed by atoms with Gasteiger partial charge in [0.05, 0.1) is 44.9 Å². The zero-order valence-corrected chi connectivity index (χ0v) is 20.1. The predicted molar refractivity (Wildman–Crippen MR) is 128 cm³/mol. The second-order valence-corrected chi connectivity index (χ2v) is 8.26. The van der Waals surface area contributed by atoms with Gasteiger partial charge in [-0.05, 0) is 49.2 Å². The highest BCUT2D eigenvalue weighted by Gasteiger charge is 2.26. The van der Waals surface area contributed by atoms with Crippen LogP contribution in [0.4, 0.5) is 0 Å². The zero-order valence-electron chi connectivity index (χ0n) is 20.1. The van der Waals surface area contributed by atoms with E-state index in [-0.39, 0.29) is 11.9 Å². The Kier molecular flexibility index (Phi) is 7.44. The first-order valence-corrected chi connectivity index (χ1v) is 11.3. The molecule has 0 spiro atoms. The van der Waals surface area contributed by atoms with E-state index < -0.39 is 0 Å². The van der Waals surface area contributed by atoms with Crippen LogP contribution in [0.3, 0.4) is 0 Å². The SMILES string of the molecule is COc1ccc(C(CNC(=O)c2nnn(-c3cccc(C)c3)c2C)N2CCOCC2)cc1OC. The maximum atomic E-state index is 13.1. The minimum Gasteiger partial charge on any atom is -0.493 e. The molecule has 9 nitrogen and oxygen atoms in total. The van der Waals surface area contributed by atoms with Crippen LogP contribution >= 0.6 is 0 Å². The second-order valence-electron chi connectivity index (χ2n) is 8.26. The summed E-state index contributed by atoms with van der Waals surface area (Å²) in [6.45, 7) is 7.14. The summed E-state index contributed by atoms with van der Waals surface area (Å²) < 4.78 is 18.1. The number of carbonyl (C=O) groups is 1. The molecule has 1 N–H and O–H groups in total. The van der Waals surface area contributed by atoms with Crippen LogP contribution in [0.15, 0.2) is 42.5 Å². The van der Waals surface area contributed by atoms with E-state index in [4.69, 9.17) is 14.2 Å². The van der Waals surface area contributed by atoms with Gasteiger partial charge in [-0.2, -0.15) is 0 Å². The lowest BCUT2D eigenvalue weighted by Gasteiger charge is -2.35. The topological polar surface area (TPSA) is 90.7 Å². The summed E-state index contributed by atoms with van der Waals surface area (Å²) in [6.07, 6.45) is 0. The molecule has 1 amide bonds. The van der Waals surface area contributed by atoms with Gasteiger partial charge in [-0.1, -0.05) is 23.4 Å². The van der Waals surface area contributed by atoms with E-state index in [1.807, 2.05) is 56.3 Å². The van der Waals surface area contributed by atoms with Gasteiger partial charge in [-0.25, -0.2) is 4.68 Å². The van der Waals surface area contributed by atoms with Gasteiger partial charge in [0.25, 0.3) is 5.91 Å². The van der Waals surface area contributed by atoms with Crippen LogP contribution in [0.2, 0.25) is 0 Å². The average molecular weight is 466 g/mol. The Hall–Kier alpha value is -3.43. The molecule has 1 unspecified atom stereocenters. The highest BCUT2D eigenvalue weighted by molar-refractivity contribution is 5.93. The molecule has 1 saturated heterocycles. The highest BCUT2D eigenvalue weighted by Crippen LogP contribution is 2.32. The van der Waals surface area contributed by atoms with E-state index >= 15 is 0 Å². The number of nitrogens with one attached hydrogen (secondary N) is 1. The Balaban J connectivity index is 1.54. The van der Waals surface area contributed by atoms with Gasteiger partial charge in [0.15, 0.2) is 17.2 Å². The number of hydrogen-bond acceptors (Lipinski definition) is 7. The monoisotopic (exact) mass is 465 g/mol. The molecule has 9 heteroatoms. The minimum absolute atomic E-state index is 0.0558. The van der Waals surface area contributed by atoms with Gasteiger partial charge >= 0.3 is 0 Å². The van der Waals surface area contributed by atoms with Gasteiger partial charge in [0.2, 0.25) is 0 Å². The molecular weight excluding hydrogens is 434 g/mol. The van der Waals surface area contributed by atoms with Crippen molar-refractivity contribution in [2.24, 2.45) is 0 Å². The Labute approximate surface area is 199 Å². The third-order valence-electron chi connectivity index (χ3n) is 6.09. The molecule has 4 rings (SSSR count). The first-order chi connectivity index (χ1) is 16.5. The fourth-order valence-electron chi connectivity index (χ4n) is 4.22. The standard InChI is InChI=1S/C25H31N5O4/c1-17-6-5-7-20(14-17)30-18(2)24(27-28-30)25(31)26-16-21(29-10-12-34-13-11-29)19-8-9-22(32-3)23(15-19)33-4/h5-9,14-15,21H,10-13,16H2,1-4H3,(H,26,31). The molecule has 0 saturated carbocycles. The molecule has 1 atom stereocenters. The van der Waals surface area contributed by atoms with Crippen LogP contribution < -0.4 is 14.8 Å². The summed E-state index contributed by atoms with van der Waals surface area (Å²) >= 11 is 0. The van der Waals surface area contributed by atoms with E-state index in [9.17, 15) is 4.79 Å². The van der Waals surface area contributed by atoms with E-state index in [1.54, 1.807) is 18.9 Å². The van der Waals surface area contributed by atoms with E-state index in [2.05, 4.69) is 20.5 Å². The van der Waals surface area contributed by atoms with Crippen molar-refractivity contribution >= 4 is 5.91 Å². The number of rotatable bonds is 8. The number of carbonyl (C=O) groups excluding carboxylic acids is 1. The summed E-state index contributed by atoms with van der Waals surface area (Å²) in [4.78, 5) is 15.4. The molecule has 3 aromatic rings. The van der Waals surface area contributed by atoms with Crippen molar-refractivity contribution in [2.45, 2.75) is 19.9 Å². The molecule has 0 bridgehead atoms. The Morgan fingerprint density at radius 3 is 2.56 bits per heavy atom. The third kappa shape index (κ3) is 5.05. The van der Waals surface area contributed by atoms with Crippen LogP contribution in [-0.2, 0) is 4.74 Å². The van der Waals surface area contributed by atoms with Crippen LogP contribution in [0.1, 0.15) is 33.4 Å². The number of benzene rings is 2. The summed E-state index contributed by atoms with van der Waals surface area (Å²) in [5, 5.41) is 11.4. The number of ether oxygens (including phenoxy) is 3. The molecule has 180 valence electrons. The second kappa shape index (κ2) is 10.7. The number of methoxy groups -OCH3 is 2. The van der Waals surface area contributed by atoms with Gasteiger partial charge < -0.3 is 19.5 Å². The molecule has 1 aromatic heterocycles. The fourth-order valence-corrected chi connectivity index (χ4v) is 4.22. The van der Waals surface area contributed by atoms with Crippen LogP contribution in [0, 0.1) is 13.8 Å². The number of hydrogen-bond donors (Lipinski definition) is 1. The normalized spacial score (nSPS) is 15.1. The Morgan fingerprint density at radius 1 is 1.09 bits per heavy atom. The van der Waals surface area contributed by atoms with Gasteiger partial charge in [0, 0.05) is 19.6 Å². The maximum absolute atomic E-state index is 13.1. The molecule has 1 aliphatic heterocycles. The molecule has 2 aromatic carbocycles. The first kappa shape index (κ1) is 23.7. The first-order valence-electron chi connectivity index (χ1n) is 11.3. The lowest BCUT2D eigenvalue weighted by molar-refractivity contribution is 0.0161. The van der Waals surface area contributed by atoms with E-state index in [1.165, 1.54) is 0 Å². The smallest absolute Gasteiger partial charge is 0.273 e. The van der Waals surface area contributed by atoms with Crippen LogP contribution in [-0.4, -0.2) is 72.9 Å². The van der Waals surface area contributed by atoms with Gasteiger partial charge in [0.1, 0.15) is 0 Å². The molecule has 0 radical (unpaired) electrons. The summed E-state index contributed by atoms with van der Waals surface area (Å²) in [5.74, 6) is 1.07. The van der Waals surface area contributed by atoms with Crippen LogP contribution in [0.25, 0.3) is 5.69 Å². The van der Waals surface area contributed by atoms with Gasteiger partial charge in [-0.3, -0.25) is 9.69 Å². The molecule has 1 fully saturated rings. The van der Waals surface area contributed by atoms with Crippen molar-refractivity contribution in [3.8, 4) is 17.2 Å². The fraction of sp³-hybridized carbons (Fsp3) is 0.400. The summed E-state index contributed by atoms with van der Waals surface area (Å²) in [6, 6.07) is 13.7. The van der Waals surface area contributed by atoms with E-state index in [0.29, 0.717) is 42.6 Å². The van der Waals surface area contributed by atoms with Gasteiger partial charge in [-0.15, -0.1) is 5.10 Å². The quantitative estimate of drug-likeness (QED) is 0.547. The summed E-state index contributed by atoms with van der Waals surface area (Å²) in [7, 11) is 3.23. The molecule has 2 heterocycles. The number of aromatic nitrogens is 3. The Bertz CT molecular complexity index is 1140. The average Bonchev–Trinajstić information content (AvgIpc) is 3.25. The predicted octanol–water partition coefficient (Wildman–Crippen LogP) is 2.70. The minimum atomic E-state index is -0.255. The summed E-state index contributed by atoms with van der Waals surface area (Å²) in [5.41, 5.74) is 4.02. The molecule has 34 heavy (non-hydrogen) atoms. The maximum Gasteiger partial charge on any atom is 0.273 e. The lowest BCUT2D eigenvalue weighted by atomic mass is 10.0. The van der Waals surface area contributed by atoms with Crippen molar-refractivity contribution in [3.63, 3.8) is 0 Å². The van der Waals surface area contributed by atoms with Crippen molar-refractivity contribution in [2.75, 3.05) is 47.1 Å². The zero-order chi connectivity index (χ0) is 24.1. The molecule has 0 aliphatic carbocycles. The largest absolute Gasteiger partial charge is 0.493 e. The van der Waals surface area contributed by atoms with Crippen molar-refractivity contribution in [1.29, 1.82) is 0 Å².